The second-order valence-electron chi connectivity index (χ2n) is 3.46. The molecule has 2 aromatic carbocycles. The van der Waals surface area contributed by atoms with Crippen molar-refractivity contribution in [3.8, 4) is 6.07 Å². The van der Waals surface area contributed by atoms with E-state index in [9.17, 15) is 4.79 Å². The molecule has 0 bridgehead atoms. The largest absolute Gasteiger partial charge is 0.507 e. The molecular weight excluding hydrogens is 218 g/mol. The Labute approximate surface area is 97.7 Å². The molecule has 0 aliphatic carbocycles. The molecule has 0 spiro atoms. The van der Waals surface area contributed by atoms with Gasteiger partial charge in [-0.15, -0.1) is 0 Å². The van der Waals surface area contributed by atoms with E-state index in [1.54, 1.807) is 12.1 Å². The third-order valence-corrected chi connectivity index (χ3v) is 2.44. The zero-order chi connectivity index (χ0) is 12.3. The first-order valence-corrected chi connectivity index (χ1v) is 4.99. The van der Waals surface area contributed by atoms with Gasteiger partial charge in [0.1, 0.15) is 6.07 Å². The van der Waals surface area contributed by atoms with Crippen molar-refractivity contribution < 1.29 is 14.6 Å². The van der Waals surface area contributed by atoms with Gasteiger partial charge in [-0.25, -0.2) is 4.79 Å². The van der Waals surface area contributed by atoms with E-state index in [2.05, 4.69) is 4.74 Å². The molecule has 2 aromatic rings. The highest BCUT2D eigenvalue weighted by atomic mass is 16.7. The van der Waals surface area contributed by atoms with Crippen molar-refractivity contribution in [3.05, 3.63) is 48.0 Å². The van der Waals surface area contributed by atoms with Crippen LogP contribution < -0.4 is 0 Å². The molecule has 2 rings (SSSR count). The monoisotopic (exact) mass is 227 g/mol. The number of ether oxygens (including phenoxy) is 1. The molecular formula is C13H9NO3. The van der Waals surface area contributed by atoms with Crippen LogP contribution in [-0.2, 0) is 4.74 Å². The lowest BCUT2D eigenvalue weighted by molar-refractivity contribution is 0.0719. The highest BCUT2D eigenvalue weighted by Crippen LogP contribution is 2.26. The van der Waals surface area contributed by atoms with Crippen molar-refractivity contribution in [3.63, 3.8) is 0 Å². The van der Waals surface area contributed by atoms with Crippen molar-refractivity contribution in [1.82, 2.24) is 0 Å². The second-order valence-corrected chi connectivity index (χ2v) is 3.46. The van der Waals surface area contributed by atoms with Gasteiger partial charge in [0.2, 0.25) is 6.10 Å². The number of carbonyl (C=O) groups is 1. The third-order valence-electron chi connectivity index (χ3n) is 2.44. The van der Waals surface area contributed by atoms with Crippen LogP contribution in [0.15, 0.2) is 42.5 Å². The second kappa shape index (κ2) is 4.54. The van der Waals surface area contributed by atoms with Gasteiger partial charge in [-0.1, -0.05) is 42.5 Å². The van der Waals surface area contributed by atoms with Crippen molar-refractivity contribution in [1.29, 1.82) is 5.26 Å². The van der Waals surface area contributed by atoms with Gasteiger partial charge in [0, 0.05) is 5.56 Å². The molecule has 1 unspecified atom stereocenters. The molecule has 0 heterocycles. The van der Waals surface area contributed by atoms with Crippen molar-refractivity contribution in [2.45, 2.75) is 6.10 Å². The molecule has 1 N–H and O–H groups in total. The number of carboxylic acid groups (broad SMARTS) is 1. The summed E-state index contributed by atoms with van der Waals surface area (Å²) >= 11 is 0. The smallest absolute Gasteiger partial charge is 0.450 e. The average molecular weight is 227 g/mol. The molecule has 0 saturated carbocycles. The third kappa shape index (κ3) is 2.18. The molecule has 0 saturated heterocycles. The van der Waals surface area contributed by atoms with Gasteiger partial charge < -0.3 is 9.84 Å². The maximum absolute atomic E-state index is 10.5. The Bertz CT molecular complexity index is 596. The van der Waals surface area contributed by atoms with Crippen molar-refractivity contribution >= 4 is 16.9 Å². The fourth-order valence-electron chi connectivity index (χ4n) is 1.74. The first-order chi connectivity index (χ1) is 8.22. The van der Waals surface area contributed by atoms with Gasteiger partial charge in [-0.3, -0.25) is 0 Å². The number of nitrogens with zero attached hydrogens (tertiary/aromatic N) is 1. The maximum Gasteiger partial charge on any atom is 0.507 e. The van der Waals surface area contributed by atoms with Crippen LogP contribution in [0.1, 0.15) is 11.7 Å². The first kappa shape index (κ1) is 11.0. The van der Waals surface area contributed by atoms with Crippen LogP contribution >= 0.6 is 0 Å². The molecule has 84 valence electrons. The summed E-state index contributed by atoms with van der Waals surface area (Å²) in [6.07, 6.45) is -2.55. The topological polar surface area (TPSA) is 70.3 Å². The Hall–Kier alpha value is -2.54. The fraction of sp³-hybridized carbons (Fsp3) is 0.0769. The lowest BCUT2D eigenvalue weighted by Gasteiger charge is -2.11. The van der Waals surface area contributed by atoms with E-state index in [1.807, 2.05) is 36.4 Å². The van der Waals surface area contributed by atoms with E-state index in [-0.39, 0.29) is 0 Å². The zero-order valence-electron chi connectivity index (χ0n) is 8.83. The summed E-state index contributed by atoms with van der Waals surface area (Å²) in [7, 11) is 0. The minimum absolute atomic E-state index is 0.563. The molecule has 0 fully saturated rings. The molecule has 0 amide bonds. The maximum atomic E-state index is 10.5. The minimum Gasteiger partial charge on any atom is -0.450 e. The van der Waals surface area contributed by atoms with Gasteiger partial charge in [-0.05, 0) is 10.8 Å². The van der Waals surface area contributed by atoms with E-state index in [0.717, 1.165) is 10.8 Å². The summed E-state index contributed by atoms with van der Waals surface area (Å²) in [5.41, 5.74) is 0.563. The number of nitriles is 1. The molecule has 0 aliphatic rings. The number of fused-ring (bicyclic) bond motifs is 1. The number of hydrogen-bond acceptors (Lipinski definition) is 3. The van der Waals surface area contributed by atoms with Crippen LogP contribution in [0.2, 0.25) is 0 Å². The molecule has 0 aromatic heterocycles. The van der Waals surface area contributed by atoms with E-state index in [1.165, 1.54) is 0 Å². The van der Waals surface area contributed by atoms with Crippen LogP contribution in [0.4, 0.5) is 4.79 Å². The van der Waals surface area contributed by atoms with Crippen molar-refractivity contribution in [2.75, 3.05) is 0 Å². The summed E-state index contributed by atoms with van der Waals surface area (Å²) in [6.45, 7) is 0. The first-order valence-electron chi connectivity index (χ1n) is 4.99. The Morgan fingerprint density at radius 2 is 1.94 bits per heavy atom. The number of benzene rings is 2. The quantitative estimate of drug-likeness (QED) is 0.800. The summed E-state index contributed by atoms with van der Waals surface area (Å²) in [5.74, 6) is 0. The Kier molecular flexibility index (Phi) is 2.93. The predicted molar refractivity (Wildman–Crippen MR) is 61.4 cm³/mol. The van der Waals surface area contributed by atoms with Crippen LogP contribution in [0.5, 0.6) is 0 Å². The van der Waals surface area contributed by atoms with Gasteiger partial charge >= 0.3 is 6.16 Å². The van der Waals surface area contributed by atoms with Crippen molar-refractivity contribution in [2.24, 2.45) is 0 Å². The van der Waals surface area contributed by atoms with Crippen LogP contribution in [0.3, 0.4) is 0 Å². The van der Waals surface area contributed by atoms with Crippen LogP contribution in [0, 0.1) is 11.3 Å². The van der Waals surface area contributed by atoms with Gasteiger partial charge in [-0.2, -0.15) is 5.26 Å². The number of hydrogen-bond donors (Lipinski definition) is 1. The summed E-state index contributed by atoms with van der Waals surface area (Å²) in [4.78, 5) is 10.5. The van der Waals surface area contributed by atoms with E-state index >= 15 is 0 Å². The van der Waals surface area contributed by atoms with Gasteiger partial charge in [0.05, 0.1) is 0 Å². The molecule has 0 radical (unpaired) electrons. The highest BCUT2D eigenvalue weighted by Gasteiger charge is 2.17. The highest BCUT2D eigenvalue weighted by molar-refractivity contribution is 5.86. The molecule has 1 atom stereocenters. The predicted octanol–water partition coefficient (Wildman–Crippen LogP) is 3.10. The Balaban J connectivity index is 2.54. The van der Waals surface area contributed by atoms with Gasteiger partial charge in [0.25, 0.3) is 0 Å². The lowest BCUT2D eigenvalue weighted by Crippen LogP contribution is -2.07. The van der Waals surface area contributed by atoms with E-state index in [4.69, 9.17) is 10.4 Å². The Morgan fingerprint density at radius 1 is 1.24 bits per heavy atom. The van der Waals surface area contributed by atoms with Crippen LogP contribution in [0.25, 0.3) is 10.8 Å². The molecule has 4 nitrogen and oxygen atoms in total. The van der Waals surface area contributed by atoms with Gasteiger partial charge in [0.15, 0.2) is 0 Å². The minimum atomic E-state index is -1.45. The van der Waals surface area contributed by atoms with Crippen LogP contribution in [-0.4, -0.2) is 11.3 Å². The van der Waals surface area contributed by atoms with E-state index in [0.29, 0.717) is 5.56 Å². The number of rotatable bonds is 2. The summed E-state index contributed by atoms with van der Waals surface area (Å²) < 4.78 is 4.55. The Morgan fingerprint density at radius 3 is 2.65 bits per heavy atom. The fourth-order valence-corrected chi connectivity index (χ4v) is 1.74. The normalized spacial score (nSPS) is 11.7. The SMILES string of the molecule is N#CC(OC(=O)O)c1cccc2ccccc12. The molecule has 17 heavy (non-hydrogen) atoms. The summed E-state index contributed by atoms with van der Waals surface area (Å²) in [6, 6.07) is 14.6. The molecule has 4 heteroatoms. The molecule has 0 aliphatic heterocycles. The standard InChI is InChI=1S/C13H9NO3/c14-8-12(17-13(15)16)11-7-3-5-9-4-1-2-6-10(9)11/h1-7,12H,(H,15,16). The average Bonchev–Trinajstić information content (AvgIpc) is 2.35. The van der Waals surface area contributed by atoms with E-state index < -0.39 is 12.3 Å². The summed E-state index contributed by atoms with van der Waals surface area (Å²) in [5, 5.41) is 19.3. The lowest BCUT2D eigenvalue weighted by atomic mass is 10.0. The zero-order valence-corrected chi connectivity index (χ0v) is 8.83.